The van der Waals surface area contributed by atoms with E-state index in [4.69, 9.17) is 4.99 Å². The van der Waals surface area contributed by atoms with Gasteiger partial charge >= 0.3 is 0 Å². The molecule has 7 heteroatoms. The molecule has 33 heavy (non-hydrogen) atoms. The van der Waals surface area contributed by atoms with Gasteiger partial charge in [0.25, 0.3) is 0 Å². The minimum Gasteiger partial charge on any atom is -0.357 e. The van der Waals surface area contributed by atoms with Crippen LogP contribution in [0.4, 0.5) is 0 Å². The molecule has 1 amide bonds. The molecule has 1 aliphatic heterocycles. The number of carbonyl (C=O) groups is 1. The fraction of sp³-hybridized carbons (Fsp3) is 0.500. The Morgan fingerprint density at radius 1 is 1.12 bits per heavy atom. The number of likely N-dealkylation sites (tertiary alicyclic amines) is 1. The molecule has 1 aromatic carbocycles. The number of aromatic nitrogens is 1. The number of pyridine rings is 1. The lowest BCUT2D eigenvalue weighted by Crippen LogP contribution is -2.45. The second-order valence-corrected chi connectivity index (χ2v) is 8.86. The third-order valence-corrected chi connectivity index (χ3v) is 6.45. The van der Waals surface area contributed by atoms with Crippen molar-refractivity contribution in [1.29, 1.82) is 0 Å². The SMILES string of the molecule is CCNC(=NCc1cccc(-c2ccccn2)c1)NC1CCN(C(=O)C2CCCCC2)C1.I. The van der Waals surface area contributed by atoms with Crippen LogP contribution in [0.15, 0.2) is 53.7 Å². The maximum Gasteiger partial charge on any atom is 0.225 e. The molecule has 0 spiro atoms. The zero-order valence-electron chi connectivity index (χ0n) is 19.5. The first kappa shape index (κ1) is 25.5. The zero-order chi connectivity index (χ0) is 22.2. The van der Waals surface area contributed by atoms with Gasteiger partial charge in [0.1, 0.15) is 0 Å². The van der Waals surface area contributed by atoms with Crippen LogP contribution in [-0.2, 0) is 11.3 Å². The van der Waals surface area contributed by atoms with E-state index in [0.29, 0.717) is 12.5 Å². The molecule has 1 atom stereocenters. The quantitative estimate of drug-likeness (QED) is 0.307. The monoisotopic (exact) mass is 561 g/mol. The molecule has 6 nitrogen and oxygen atoms in total. The van der Waals surface area contributed by atoms with Gasteiger partial charge in [-0.2, -0.15) is 0 Å². The van der Waals surface area contributed by atoms with E-state index >= 15 is 0 Å². The Morgan fingerprint density at radius 3 is 2.73 bits per heavy atom. The summed E-state index contributed by atoms with van der Waals surface area (Å²) in [6.07, 6.45) is 8.59. The van der Waals surface area contributed by atoms with Gasteiger partial charge in [0.15, 0.2) is 5.96 Å². The normalized spacial score (nSPS) is 19.1. The third kappa shape index (κ3) is 7.16. The van der Waals surface area contributed by atoms with E-state index in [-0.39, 0.29) is 35.9 Å². The first-order valence-corrected chi connectivity index (χ1v) is 12.1. The number of rotatable bonds is 6. The van der Waals surface area contributed by atoms with Crippen LogP contribution in [-0.4, -0.2) is 47.4 Å². The average Bonchev–Trinajstić information content (AvgIpc) is 3.32. The topological polar surface area (TPSA) is 69.6 Å². The highest BCUT2D eigenvalue weighted by molar-refractivity contribution is 14.0. The average molecular weight is 562 g/mol. The summed E-state index contributed by atoms with van der Waals surface area (Å²) in [5, 5.41) is 6.91. The van der Waals surface area contributed by atoms with Crippen LogP contribution < -0.4 is 10.6 Å². The standard InChI is InChI=1S/C26H35N5O.HI/c1-2-27-26(29-18-20-9-8-12-22(17-20)24-13-6-7-15-28-24)30-23-14-16-31(19-23)25(32)21-10-4-3-5-11-21;/h6-9,12-13,15,17,21,23H,2-5,10-11,14,16,18-19H2,1H3,(H2,27,29,30);1H. The van der Waals surface area contributed by atoms with Crippen molar-refractivity contribution < 1.29 is 4.79 Å². The number of hydrogen-bond donors (Lipinski definition) is 2. The second kappa shape index (κ2) is 12.9. The summed E-state index contributed by atoms with van der Waals surface area (Å²) in [6.45, 7) is 5.09. The smallest absolute Gasteiger partial charge is 0.225 e. The lowest BCUT2D eigenvalue weighted by Gasteiger charge is -2.26. The summed E-state index contributed by atoms with van der Waals surface area (Å²) in [5.74, 6) is 1.42. The van der Waals surface area contributed by atoms with Crippen LogP contribution in [0.2, 0.25) is 0 Å². The first-order chi connectivity index (χ1) is 15.7. The van der Waals surface area contributed by atoms with Crippen molar-refractivity contribution in [2.24, 2.45) is 10.9 Å². The summed E-state index contributed by atoms with van der Waals surface area (Å²) in [5.41, 5.74) is 3.21. The highest BCUT2D eigenvalue weighted by Gasteiger charge is 2.31. The fourth-order valence-electron chi connectivity index (χ4n) is 4.73. The molecule has 1 saturated carbocycles. The van der Waals surface area contributed by atoms with Crippen molar-refractivity contribution in [3.8, 4) is 11.3 Å². The molecule has 1 aromatic heterocycles. The highest BCUT2D eigenvalue weighted by atomic mass is 127. The van der Waals surface area contributed by atoms with Gasteiger partial charge in [0.2, 0.25) is 5.91 Å². The highest BCUT2D eigenvalue weighted by Crippen LogP contribution is 2.26. The Bertz CT molecular complexity index is 914. The number of guanidine groups is 1. The molecule has 178 valence electrons. The Kier molecular flexibility index (Phi) is 9.96. The van der Waals surface area contributed by atoms with Crippen LogP contribution in [0.5, 0.6) is 0 Å². The predicted octanol–water partition coefficient (Wildman–Crippen LogP) is 4.60. The van der Waals surface area contributed by atoms with Crippen LogP contribution in [0, 0.1) is 5.92 Å². The van der Waals surface area contributed by atoms with Gasteiger partial charge in [-0.15, -0.1) is 24.0 Å². The van der Waals surface area contributed by atoms with Crippen LogP contribution >= 0.6 is 24.0 Å². The van der Waals surface area contributed by atoms with Crippen LogP contribution in [0.3, 0.4) is 0 Å². The summed E-state index contributed by atoms with van der Waals surface area (Å²) in [6, 6.07) is 14.6. The van der Waals surface area contributed by atoms with Crippen molar-refractivity contribution in [3.05, 3.63) is 54.2 Å². The van der Waals surface area contributed by atoms with Crippen LogP contribution in [0.1, 0.15) is 51.0 Å². The summed E-state index contributed by atoms with van der Waals surface area (Å²) >= 11 is 0. The Morgan fingerprint density at radius 2 is 1.97 bits per heavy atom. The van der Waals surface area contributed by atoms with Gasteiger partial charge in [-0.1, -0.05) is 43.5 Å². The molecular weight excluding hydrogens is 525 g/mol. The van der Waals surface area contributed by atoms with Gasteiger partial charge in [-0.25, -0.2) is 4.99 Å². The van der Waals surface area contributed by atoms with Crippen molar-refractivity contribution in [1.82, 2.24) is 20.5 Å². The molecule has 4 rings (SSSR count). The third-order valence-electron chi connectivity index (χ3n) is 6.45. The lowest BCUT2D eigenvalue weighted by molar-refractivity contribution is -0.135. The van der Waals surface area contributed by atoms with Crippen molar-refractivity contribution in [2.45, 2.75) is 58.0 Å². The number of benzene rings is 1. The van der Waals surface area contributed by atoms with Gasteiger partial charge in [0, 0.05) is 43.4 Å². The number of amides is 1. The minimum atomic E-state index is 0. The number of halogens is 1. The molecule has 2 heterocycles. The molecule has 1 saturated heterocycles. The Labute approximate surface area is 214 Å². The number of nitrogens with zero attached hydrogens (tertiary/aromatic N) is 3. The number of aliphatic imine (C=N–C) groups is 1. The molecule has 2 fully saturated rings. The van der Waals surface area contributed by atoms with Crippen molar-refractivity contribution in [2.75, 3.05) is 19.6 Å². The Balaban J connectivity index is 0.00000306. The molecule has 2 aliphatic rings. The van der Waals surface area contributed by atoms with E-state index in [1.807, 2.05) is 24.4 Å². The molecule has 0 bridgehead atoms. The predicted molar refractivity (Wildman–Crippen MR) is 145 cm³/mol. The van der Waals surface area contributed by atoms with E-state index in [1.165, 1.54) is 19.3 Å². The van der Waals surface area contributed by atoms with Gasteiger partial charge < -0.3 is 15.5 Å². The van der Waals surface area contributed by atoms with E-state index < -0.39 is 0 Å². The molecule has 0 radical (unpaired) electrons. The lowest BCUT2D eigenvalue weighted by atomic mass is 9.88. The fourth-order valence-corrected chi connectivity index (χ4v) is 4.73. The summed E-state index contributed by atoms with van der Waals surface area (Å²) < 4.78 is 0. The molecule has 2 aromatic rings. The molecular formula is C26H36IN5O. The summed E-state index contributed by atoms with van der Waals surface area (Å²) in [4.78, 5) is 24.2. The molecule has 1 unspecified atom stereocenters. The van der Waals surface area contributed by atoms with E-state index in [2.05, 4.69) is 51.7 Å². The largest absolute Gasteiger partial charge is 0.357 e. The number of nitrogens with one attached hydrogen (secondary N) is 2. The number of hydrogen-bond acceptors (Lipinski definition) is 3. The van der Waals surface area contributed by atoms with E-state index in [9.17, 15) is 4.79 Å². The van der Waals surface area contributed by atoms with E-state index in [1.54, 1.807) is 0 Å². The minimum absolute atomic E-state index is 0. The maximum atomic E-state index is 12.9. The zero-order valence-corrected chi connectivity index (χ0v) is 21.8. The second-order valence-electron chi connectivity index (χ2n) is 8.86. The summed E-state index contributed by atoms with van der Waals surface area (Å²) in [7, 11) is 0. The van der Waals surface area contributed by atoms with E-state index in [0.717, 1.165) is 61.7 Å². The molecule has 2 N–H and O–H groups in total. The van der Waals surface area contributed by atoms with Crippen LogP contribution in [0.25, 0.3) is 11.3 Å². The van der Waals surface area contributed by atoms with Crippen molar-refractivity contribution in [3.63, 3.8) is 0 Å². The first-order valence-electron chi connectivity index (χ1n) is 12.1. The van der Waals surface area contributed by atoms with Gasteiger partial charge in [0.05, 0.1) is 12.2 Å². The Hall–Kier alpha value is -2.16. The maximum absolute atomic E-state index is 12.9. The van der Waals surface area contributed by atoms with Crippen molar-refractivity contribution >= 4 is 35.8 Å². The number of carbonyl (C=O) groups excluding carboxylic acids is 1. The molecule has 1 aliphatic carbocycles. The van der Waals surface area contributed by atoms with Gasteiger partial charge in [-0.3, -0.25) is 9.78 Å². The van der Waals surface area contributed by atoms with Gasteiger partial charge in [-0.05, 0) is 49.9 Å².